The van der Waals surface area contributed by atoms with Crippen molar-refractivity contribution in [1.29, 1.82) is 0 Å². The van der Waals surface area contributed by atoms with E-state index in [1.54, 1.807) is 0 Å². The number of para-hydroxylation sites is 3. The number of anilines is 1. The number of fused-ring (bicyclic) bond motifs is 3. The molecular formula is C37H30N2. The molecule has 2 unspecified atom stereocenters. The zero-order valence-electron chi connectivity index (χ0n) is 22.0. The van der Waals surface area contributed by atoms with Gasteiger partial charge < -0.3 is 9.88 Å². The number of rotatable bonds is 5. The average Bonchev–Trinajstić information content (AvgIpc) is 3.33. The van der Waals surface area contributed by atoms with Crippen LogP contribution in [0.25, 0.3) is 44.2 Å². The van der Waals surface area contributed by atoms with Crippen molar-refractivity contribution in [3.8, 4) is 16.8 Å². The van der Waals surface area contributed by atoms with Gasteiger partial charge in [0.15, 0.2) is 0 Å². The highest BCUT2D eigenvalue weighted by atomic mass is 15.0. The molecule has 0 bridgehead atoms. The number of nitrogens with one attached hydrogen (secondary N) is 1. The van der Waals surface area contributed by atoms with Crippen molar-refractivity contribution in [3.63, 3.8) is 0 Å². The Morgan fingerprint density at radius 2 is 1.31 bits per heavy atom. The Kier molecular flexibility index (Phi) is 5.86. The number of aromatic nitrogens is 1. The average molecular weight is 503 g/mol. The van der Waals surface area contributed by atoms with Gasteiger partial charge in [0.1, 0.15) is 0 Å². The Balaban J connectivity index is 1.22. The third-order valence-corrected chi connectivity index (χ3v) is 7.85. The van der Waals surface area contributed by atoms with Gasteiger partial charge in [-0.1, -0.05) is 116 Å². The minimum absolute atomic E-state index is 0.224. The second-order valence-corrected chi connectivity index (χ2v) is 10.3. The third-order valence-electron chi connectivity index (χ3n) is 7.85. The van der Waals surface area contributed by atoms with Gasteiger partial charge in [0.25, 0.3) is 0 Å². The lowest BCUT2D eigenvalue weighted by Gasteiger charge is -2.26. The second-order valence-electron chi connectivity index (χ2n) is 10.3. The van der Waals surface area contributed by atoms with E-state index in [9.17, 15) is 0 Å². The van der Waals surface area contributed by atoms with Crippen molar-refractivity contribution in [2.24, 2.45) is 5.92 Å². The van der Waals surface area contributed by atoms with Crippen LogP contribution in [0.2, 0.25) is 0 Å². The van der Waals surface area contributed by atoms with Crippen LogP contribution in [0.4, 0.5) is 5.69 Å². The first kappa shape index (κ1) is 23.3. The summed E-state index contributed by atoms with van der Waals surface area (Å²) < 4.78 is 2.37. The van der Waals surface area contributed by atoms with Gasteiger partial charge in [-0.25, -0.2) is 0 Å². The summed E-state index contributed by atoms with van der Waals surface area (Å²) in [6.45, 7) is 2.30. The van der Waals surface area contributed by atoms with E-state index >= 15 is 0 Å². The Bertz CT molecular complexity index is 1840. The van der Waals surface area contributed by atoms with Gasteiger partial charge in [-0.15, -0.1) is 0 Å². The first-order valence-corrected chi connectivity index (χ1v) is 13.7. The monoisotopic (exact) mass is 502 g/mol. The summed E-state index contributed by atoms with van der Waals surface area (Å²) in [6.07, 6.45) is 7.00. The summed E-state index contributed by atoms with van der Waals surface area (Å²) in [7, 11) is 0. The normalized spacial score (nSPS) is 16.9. The lowest BCUT2D eigenvalue weighted by atomic mass is 9.89. The molecule has 2 atom stereocenters. The minimum atomic E-state index is 0.224. The highest BCUT2D eigenvalue weighted by Crippen LogP contribution is 2.36. The molecule has 2 heteroatoms. The fraction of sp³-hybridized carbons (Fsp3) is 0.0811. The van der Waals surface area contributed by atoms with Crippen molar-refractivity contribution >= 4 is 33.1 Å². The fourth-order valence-corrected chi connectivity index (χ4v) is 5.86. The van der Waals surface area contributed by atoms with Gasteiger partial charge >= 0.3 is 0 Å². The van der Waals surface area contributed by atoms with Crippen molar-refractivity contribution in [2.45, 2.75) is 13.0 Å². The van der Waals surface area contributed by atoms with Crippen LogP contribution in [0.1, 0.15) is 12.5 Å². The lowest BCUT2D eigenvalue weighted by Crippen LogP contribution is -2.26. The highest BCUT2D eigenvalue weighted by molar-refractivity contribution is 6.10. The van der Waals surface area contributed by atoms with E-state index in [-0.39, 0.29) is 6.04 Å². The standard InChI is InChI=1S/C37H30N2/c1-26-24-28(20-22-34(26)38-35-18-10-8-16-31(35)27-12-4-2-5-13-27)29-21-23-37-33(25-29)32-17-9-11-19-36(32)39(37)30-14-6-3-7-15-30/h2-26,34,38H,1H3. The van der Waals surface area contributed by atoms with Crippen LogP contribution >= 0.6 is 0 Å². The Hall–Kier alpha value is -4.82. The van der Waals surface area contributed by atoms with Crippen molar-refractivity contribution < 1.29 is 0 Å². The van der Waals surface area contributed by atoms with Gasteiger partial charge in [0, 0.05) is 27.7 Å². The maximum absolute atomic E-state index is 3.81. The minimum Gasteiger partial charge on any atom is -0.378 e. The summed E-state index contributed by atoms with van der Waals surface area (Å²) >= 11 is 0. The molecule has 0 fully saturated rings. The molecular weight excluding hydrogens is 472 g/mol. The van der Waals surface area contributed by atoms with Crippen LogP contribution in [0.15, 0.2) is 146 Å². The highest BCUT2D eigenvalue weighted by Gasteiger charge is 2.20. The van der Waals surface area contributed by atoms with E-state index in [2.05, 4.69) is 162 Å². The molecule has 0 spiro atoms. The smallest absolute Gasteiger partial charge is 0.0541 e. The van der Waals surface area contributed by atoms with Gasteiger partial charge in [-0.05, 0) is 59.0 Å². The zero-order valence-corrected chi connectivity index (χ0v) is 22.0. The number of hydrogen-bond donors (Lipinski definition) is 1. The molecule has 0 amide bonds. The molecule has 5 aromatic carbocycles. The predicted octanol–water partition coefficient (Wildman–Crippen LogP) is 9.52. The molecule has 0 saturated carbocycles. The molecule has 188 valence electrons. The Morgan fingerprint density at radius 3 is 2.13 bits per heavy atom. The third kappa shape index (κ3) is 4.24. The number of hydrogen-bond acceptors (Lipinski definition) is 1. The van der Waals surface area contributed by atoms with Gasteiger partial charge in [0.05, 0.1) is 17.1 Å². The van der Waals surface area contributed by atoms with Crippen molar-refractivity contribution in [1.82, 2.24) is 4.57 Å². The molecule has 1 aromatic heterocycles. The molecule has 7 rings (SSSR count). The first-order chi connectivity index (χ1) is 19.3. The molecule has 1 N–H and O–H groups in total. The van der Waals surface area contributed by atoms with Crippen molar-refractivity contribution in [2.75, 3.05) is 5.32 Å². The molecule has 1 aliphatic carbocycles. The van der Waals surface area contributed by atoms with E-state index in [1.807, 2.05) is 0 Å². The number of nitrogens with zero attached hydrogens (tertiary/aromatic N) is 1. The fourth-order valence-electron chi connectivity index (χ4n) is 5.86. The van der Waals surface area contributed by atoms with E-state index in [0.29, 0.717) is 5.92 Å². The van der Waals surface area contributed by atoms with Crippen LogP contribution in [-0.2, 0) is 0 Å². The van der Waals surface area contributed by atoms with E-state index in [1.165, 1.54) is 49.8 Å². The molecule has 0 aliphatic heterocycles. The summed E-state index contributed by atoms with van der Waals surface area (Å²) in [5, 5.41) is 6.37. The summed E-state index contributed by atoms with van der Waals surface area (Å²) in [6, 6.07) is 45.6. The maximum atomic E-state index is 3.81. The van der Waals surface area contributed by atoms with Crippen molar-refractivity contribution in [3.05, 3.63) is 151 Å². The molecule has 2 nitrogen and oxygen atoms in total. The summed E-state index contributed by atoms with van der Waals surface area (Å²) in [5.41, 5.74) is 9.81. The Morgan fingerprint density at radius 1 is 0.615 bits per heavy atom. The first-order valence-electron chi connectivity index (χ1n) is 13.7. The molecule has 1 heterocycles. The van der Waals surface area contributed by atoms with Crippen LogP contribution in [0.5, 0.6) is 0 Å². The lowest BCUT2D eigenvalue weighted by molar-refractivity contribution is 0.662. The summed E-state index contributed by atoms with van der Waals surface area (Å²) in [4.78, 5) is 0. The largest absolute Gasteiger partial charge is 0.378 e. The molecule has 39 heavy (non-hydrogen) atoms. The van der Waals surface area contributed by atoms with Crippen LogP contribution in [-0.4, -0.2) is 10.6 Å². The zero-order chi connectivity index (χ0) is 26.2. The van der Waals surface area contributed by atoms with Crippen LogP contribution in [0.3, 0.4) is 0 Å². The van der Waals surface area contributed by atoms with Gasteiger partial charge in [-0.3, -0.25) is 0 Å². The molecule has 6 aromatic rings. The SMILES string of the molecule is CC1C=C(c2ccc3c(c2)c2ccccc2n3-c2ccccc2)C=CC1Nc1ccccc1-c1ccccc1. The summed E-state index contributed by atoms with van der Waals surface area (Å²) in [5.74, 6) is 0.343. The van der Waals surface area contributed by atoms with E-state index in [0.717, 1.165) is 5.69 Å². The predicted molar refractivity (Wildman–Crippen MR) is 166 cm³/mol. The quantitative estimate of drug-likeness (QED) is 0.248. The van der Waals surface area contributed by atoms with Crippen LogP contribution in [0, 0.1) is 5.92 Å². The number of allylic oxidation sites excluding steroid dienone is 2. The number of benzene rings is 5. The second kappa shape index (κ2) is 9.81. The topological polar surface area (TPSA) is 17.0 Å². The van der Waals surface area contributed by atoms with Gasteiger partial charge in [0.2, 0.25) is 0 Å². The van der Waals surface area contributed by atoms with Gasteiger partial charge in [-0.2, -0.15) is 0 Å². The van der Waals surface area contributed by atoms with Crippen LogP contribution < -0.4 is 5.32 Å². The van der Waals surface area contributed by atoms with E-state index < -0.39 is 0 Å². The van der Waals surface area contributed by atoms with E-state index in [4.69, 9.17) is 0 Å². The molecule has 0 radical (unpaired) electrons. The molecule has 0 saturated heterocycles. The molecule has 1 aliphatic rings. The maximum Gasteiger partial charge on any atom is 0.0541 e. The Labute approximate surface area is 229 Å².